The van der Waals surface area contributed by atoms with Crippen LogP contribution in [-0.2, 0) is 10.0 Å². The largest absolute Gasteiger partial charge is 0.390 e. The molecule has 20 heavy (non-hydrogen) atoms. The van der Waals surface area contributed by atoms with E-state index in [0.717, 1.165) is 50.9 Å². The van der Waals surface area contributed by atoms with Crippen LogP contribution in [0.4, 0.5) is 0 Å². The van der Waals surface area contributed by atoms with Crippen LogP contribution >= 0.6 is 0 Å². The molecule has 0 aromatic heterocycles. The zero-order valence-corrected chi connectivity index (χ0v) is 13.7. The first-order valence-electron chi connectivity index (χ1n) is 8.00. The van der Waals surface area contributed by atoms with Crippen LogP contribution in [0.2, 0.25) is 0 Å². The zero-order valence-electron chi connectivity index (χ0n) is 12.8. The fourth-order valence-electron chi connectivity index (χ4n) is 3.86. The van der Waals surface area contributed by atoms with Gasteiger partial charge in [-0.3, -0.25) is 0 Å². The van der Waals surface area contributed by atoms with Gasteiger partial charge in [-0.1, -0.05) is 13.3 Å². The van der Waals surface area contributed by atoms with E-state index in [2.05, 4.69) is 6.92 Å². The number of hydrogen-bond acceptors (Lipinski definition) is 3. The highest BCUT2D eigenvalue weighted by Gasteiger charge is 2.37. The van der Waals surface area contributed by atoms with E-state index in [1.165, 1.54) is 12.7 Å². The lowest BCUT2D eigenvalue weighted by atomic mass is 9.73. The van der Waals surface area contributed by atoms with Crippen molar-refractivity contribution in [3.8, 4) is 0 Å². The standard InChI is InChI=1S/C15H29NO3S/c1-3-13-6-8-15(17,9-7-13)11-14-5-4-10-16(12-14)20(2,18)19/h13-14,17H,3-12H2,1-2H3. The molecule has 1 aliphatic heterocycles. The molecule has 0 spiro atoms. The summed E-state index contributed by atoms with van der Waals surface area (Å²) >= 11 is 0. The molecular formula is C15H29NO3S. The third kappa shape index (κ3) is 4.18. The second-order valence-corrected chi connectivity index (χ2v) is 8.89. The Labute approximate surface area is 123 Å². The van der Waals surface area contributed by atoms with Crippen LogP contribution in [-0.4, -0.2) is 42.8 Å². The summed E-state index contributed by atoms with van der Waals surface area (Å²) in [5.74, 6) is 1.09. The molecule has 4 nitrogen and oxygen atoms in total. The molecule has 1 N–H and O–H groups in total. The van der Waals surface area contributed by atoms with Crippen molar-refractivity contribution in [2.45, 2.75) is 63.9 Å². The van der Waals surface area contributed by atoms with E-state index >= 15 is 0 Å². The van der Waals surface area contributed by atoms with Crippen molar-refractivity contribution in [3.63, 3.8) is 0 Å². The highest BCUT2D eigenvalue weighted by atomic mass is 32.2. The van der Waals surface area contributed by atoms with Crippen LogP contribution in [0.3, 0.4) is 0 Å². The molecule has 2 aliphatic rings. The molecule has 1 unspecified atom stereocenters. The lowest BCUT2D eigenvalue weighted by Crippen LogP contribution is -2.43. The lowest BCUT2D eigenvalue weighted by Gasteiger charge is -2.40. The first-order valence-corrected chi connectivity index (χ1v) is 9.85. The number of aliphatic hydroxyl groups is 1. The van der Waals surface area contributed by atoms with Gasteiger partial charge in [0.05, 0.1) is 11.9 Å². The first-order chi connectivity index (χ1) is 9.32. The van der Waals surface area contributed by atoms with Crippen LogP contribution in [0.15, 0.2) is 0 Å². The Morgan fingerprint density at radius 2 is 1.85 bits per heavy atom. The molecule has 0 radical (unpaired) electrons. The molecule has 1 saturated heterocycles. The number of piperidine rings is 1. The molecule has 0 aromatic carbocycles. The Kier molecular flexibility index (Phi) is 5.14. The minimum Gasteiger partial charge on any atom is -0.390 e. The van der Waals surface area contributed by atoms with Crippen LogP contribution in [0, 0.1) is 11.8 Å². The summed E-state index contributed by atoms with van der Waals surface area (Å²) in [7, 11) is -3.08. The van der Waals surface area contributed by atoms with Crippen molar-refractivity contribution in [1.82, 2.24) is 4.31 Å². The topological polar surface area (TPSA) is 57.6 Å². The van der Waals surface area contributed by atoms with Gasteiger partial charge in [0.2, 0.25) is 10.0 Å². The van der Waals surface area contributed by atoms with Gasteiger partial charge >= 0.3 is 0 Å². The smallest absolute Gasteiger partial charge is 0.211 e. The maximum absolute atomic E-state index is 11.6. The van der Waals surface area contributed by atoms with Crippen molar-refractivity contribution < 1.29 is 13.5 Å². The molecule has 5 heteroatoms. The molecular weight excluding hydrogens is 274 g/mol. The number of nitrogens with zero attached hydrogens (tertiary/aromatic N) is 1. The molecule has 2 rings (SSSR count). The van der Waals surface area contributed by atoms with Crippen molar-refractivity contribution in [2.24, 2.45) is 11.8 Å². The Hall–Kier alpha value is -0.130. The van der Waals surface area contributed by atoms with E-state index in [4.69, 9.17) is 0 Å². The maximum atomic E-state index is 11.6. The molecule has 1 heterocycles. The fraction of sp³-hybridized carbons (Fsp3) is 1.00. The number of hydrogen-bond donors (Lipinski definition) is 1. The summed E-state index contributed by atoms with van der Waals surface area (Å²) in [6, 6.07) is 0. The Morgan fingerprint density at radius 1 is 1.20 bits per heavy atom. The predicted octanol–water partition coefficient (Wildman–Crippen LogP) is 2.38. The van der Waals surface area contributed by atoms with E-state index in [1.807, 2.05) is 0 Å². The van der Waals surface area contributed by atoms with Gasteiger partial charge in [0.1, 0.15) is 0 Å². The molecule has 1 aliphatic carbocycles. The van der Waals surface area contributed by atoms with Gasteiger partial charge in [0.25, 0.3) is 0 Å². The van der Waals surface area contributed by atoms with Gasteiger partial charge < -0.3 is 5.11 Å². The van der Waals surface area contributed by atoms with E-state index in [-0.39, 0.29) is 0 Å². The molecule has 0 amide bonds. The number of sulfonamides is 1. The van der Waals surface area contributed by atoms with Crippen molar-refractivity contribution in [2.75, 3.05) is 19.3 Å². The molecule has 1 saturated carbocycles. The minimum atomic E-state index is -3.08. The third-order valence-corrected chi connectivity index (χ3v) is 6.50. The summed E-state index contributed by atoms with van der Waals surface area (Å²) < 4.78 is 24.9. The van der Waals surface area contributed by atoms with Crippen LogP contribution in [0.1, 0.15) is 58.3 Å². The van der Waals surface area contributed by atoms with Crippen molar-refractivity contribution in [1.29, 1.82) is 0 Å². The zero-order chi connectivity index (χ0) is 14.8. The Bertz CT molecular complexity index is 413. The van der Waals surface area contributed by atoms with Gasteiger partial charge in [0, 0.05) is 13.1 Å². The maximum Gasteiger partial charge on any atom is 0.211 e. The second kappa shape index (κ2) is 6.32. The van der Waals surface area contributed by atoms with Crippen molar-refractivity contribution in [3.05, 3.63) is 0 Å². The average Bonchev–Trinajstić information content (AvgIpc) is 2.38. The summed E-state index contributed by atoms with van der Waals surface area (Å²) in [6.07, 6.45) is 9.26. The van der Waals surface area contributed by atoms with E-state index in [1.54, 1.807) is 4.31 Å². The van der Waals surface area contributed by atoms with Gasteiger partial charge in [0.15, 0.2) is 0 Å². The van der Waals surface area contributed by atoms with Gasteiger partial charge in [-0.15, -0.1) is 0 Å². The van der Waals surface area contributed by atoms with Gasteiger partial charge in [-0.2, -0.15) is 0 Å². The minimum absolute atomic E-state index is 0.321. The van der Waals surface area contributed by atoms with E-state index < -0.39 is 15.6 Å². The summed E-state index contributed by atoms with van der Waals surface area (Å²) in [5.41, 5.74) is -0.545. The summed E-state index contributed by atoms with van der Waals surface area (Å²) in [5, 5.41) is 10.8. The normalized spacial score (nSPS) is 37.0. The second-order valence-electron chi connectivity index (χ2n) is 6.91. The first kappa shape index (κ1) is 16.2. The average molecular weight is 303 g/mol. The van der Waals surface area contributed by atoms with E-state index in [0.29, 0.717) is 19.0 Å². The quantitative estimate of drug-likeness (QED) is 0.867. The highest BCUT2D eigenvalue weighted by Crippen LogP contribution is 2.39. The van der Waals surface area contributed by atoms with Gasteiger partial charge in [-0.25, -0.2) is 12.7 Å². The summed E-state index contributed by atoms with van der Waals surface area (Å²) in [4.78, 5) is 0. The molecule has 1 atom stereocenters. The Balaban J connectivity index is 1.89. The molecule has 118 valence electrons. The monoisotopic (exact) mass is 303 g/mol. The fourth-order valence-corrected chi connectivity index (χ4v) is 4.80. The molecule has 0 bridgehead atoms. The predicted molar refractivity (Wildman–Crippen MR) is 81.0 cm³/mol. The molecule has 2 fully saturated rings. The van der Waals surface area contributed by atoms with Crippen molar-refractivity contribution >= 4 is 10.0 Å². The van der Waals surface area contributed by atoms with Crippen LogP contribution in [0.25, 0.3) is 0 Å². The van der Waals surface area contributed by atoms with Crippen LogP contribution < -0.4 is 0 Å². The van der Waals surface area contributed by atoms with E-state index in [9.17, 15) is 13.5 Å². The van der Waals surface area contributed by atoms with Crippen LogP contribution in [0.5, 0.6) is 0 Å². The van der Waals surface area contributed by atoms with Gasteiger partial charge in [-0.05, 0) is 56.8 Å². The molecule has 0 aromatic rings. The SMILES string of the molecule is CCC1CCC(O)(CC2CCCN(S(C)(=O)=O)C2)CC1. The Morgan fingerprint density at radius 3 is 2.40 bits per heavy atom. The lowest BCUT2D eigenvalue weighted by molar-refractivity contribution is -0.0345. The number of rotatable bonds is 4. The summed E-state index contributed by atoms with van der Waals surface area (Å²) in [6.45, 7) is 3.46. The third-order valence-electron chi connectivity index (χ3n) is 5.23. The highest BCUT2D eigenvalue weighted by molar-refractivity contribution is 7.88.